The molecule has 0 radical (unpaired) electrons. The Labute approximate surface area is 296 Å². The van der Waals surface area contributed by atoms with Gasteiger partial charge in [0.05, 0.1) is 40.5 Å². The molecular formula is C44H35FN6. The molecule has 248 valence electrons. The molecule has 7 heteroatoms. The smallest absolute Gasteiger partial charge is 0.127 e. The summed E-state index contributed by atoms with van der Waals surface area (Å²) in [6, 6.07) is 45.3. The highest BCUT2D eigenvalue weighted by molar-refractivity contribution is 6.17. The van der Waals surface area contributed by atoms with Crippen LogP contribution in [0.15, 0.2) is 133 Å². The Hall–Kier alpha value is -6.39. The van der Waals surface area contributed by atoms with E-state index in [0.717, 1.165) is 64.7 Å². The number of nitrogens with zero attached hydrogens (tertiary/aromatic N) is 3. The lowest BCUT2D eigenvalue weighted by molar-refractivity contribution is 0.628. The first-order valence-electron chi connectivity index (χ1n) is 17.3. The van der Waals surface area contributed by atoms with Crippen LogP contribution in [0.5, 0.6) is 0 Å². The quantitative estimate of drug-likeness (QED) is 0.154. The SMILES string of the molecule is N#Cc1cccc2nc(N[C@@H]3CCc4ccccc43)ccc12.N=C(c1ccc(F)cc1)c1cccc2nc(N[C@@H]3CCc4ccccc43)ccc12. The number of nitriles is 1. The first-order chi connectivity index (χ1) is 25.0. The monoisotopic (exact) mass is 666 g/mol. The molecule has 9 rings (SSSR count). The molecule has 2 atom stereocenters. The topological polar surface area (TPSA) is 97.5 Å². The average molecular weight is 667 g/mol. The zero-order valence-corrected chi connectivity index (χ0v) is 27.9. The van der Waals surface area contributed by atoms with Crippen molar-refractivity contribution < 1.29 is 4.39 Å². The Kier molecular flexibility index (Phi) is 8.65. The highest BCUT2D eigenvalue weighted by Gasteiger charge is 2.23. The number of pyridine rings is 2. The summed E-state index contributed by atoms with van der Waals surface area (Å²) in [5.41, 5.74) is 9.75. The van der Waals surface area contributed by atoms with E-state index in [4.69, 9.17) is 15.7 Å². The number of fused-ring (bicyclic) bond motifs is 4. The molecular weight excluding hydrogens is 632 g/mol. The molecule has 0 fully saturated rings. The summed E-state index contributed by atoms with van der Waals surface area (Å²) in [6.45, 7) is 0. The van der Waals surface area contributed by atoms with Gasteiger partial charge in [-0.2, -0.15) is 5.26 Å². The second-order valence-corrected chi connectivity index (χ2v) is 13.0. The van der Waals surface area contributed by atoms with Crippen molar-refractivity contribution in [1.82, 2.24) is 9.97 Å². The Morgan fingerprint density at radius 3 is 1.78 bits per heavy atom. The molecule has 51 heavy (non-hydrogen) atoms. The van der Waals surface area contributed by atoms with Crippen LogP contribution in [0.25, 0.3) is 21.8 Å². The van der Waals surface area contributed by atoms with Crippen molar-refractivity contribution in [3.05, 3.63) is 178 Å². The third-order valence-corrected chi connectivity index (χ3v) is 9.90. The maximum absolute atomic E-state index is 13.2. The van der Waals surface area contributed by atoms with Gasteiger partial charge in [0.15, 0.2) is 0 Å². The van der Waals surface area contributed by atoms with Gasteiger partial charge >= 0.3 is 0 Å². The lowest BCUT2D eigenvalue weighted by Crippen LogP contribution is -2.09. The molecule has 0 saturated carbocycles. The standard InChI is InChI=1S/C25H20FN3.C19H15N3/c26-18-11-8-17(9-12-18)25(27)21-6-3-7-22-20(21)13-15-24(28-22)29-23-14-10-16-4-1-2-5-19(16)23;20-12-14-5-3-7-17-16(14)9-11-19(21-17)22-18-10-8-13-4-1-2-6-15(13)18/h1-9,11-13,15,23,27H,10,14H2,(H,28,29);1-7,9,11,18H,8,10H2,(H,21,22)/t23-;18-/m11/s1. The average Bonchev–Trinajstić information content (AvgIpc) is 3.78. The van der Waals surface area contributed by atoms with Gasteiger partial charge in [0, 0.05) is 21.9 Å². The summed E-state index contributed by atoms with van der Waals surface area (Å²) >= 11 is 0. The van der Waals surface area contributed by atoms with Crippen molar-refractivity contribution in [2.75, 3.05) is 10.6 Å². The number of anilines is 2. The van der Waals surface area contributed by atoms with Crippen LogP contribution in [0.2, 0.25) is 0 Å². The van der Waals surface area contributed by atoms with Crippen molar-refractivity contribution in [2.45, 2.75) is 37.8 Å². The number of aromatic nitrogens is 2. The van der Waals surface area contributed by atoms with Gasteiger partial charge in [-0.15, -0.1) is 0 Å². The molecule has 6 nitrogen and oxygen atoms in total. The van der Waals surface area contributed by atoms with Crippen molar-refractivity contribution in [1.29, 1.82) is 10.7 Å². The van der Waals surface area contributed by atoms with E-state index in [2.05, 4.69) is 70.2 Å². The van der Waals surface area contributed by atoms with Crippen molar-refractivity contribution in [2.24, 2.45) is 0 Å². The third-order valence-electron chi connectivity index (χ3n) is 9.90. The highest BCUT2D eigenvalue weighted by Crippen LogP contribution is 2.35. The number of hydrogen-bond donors (Lipinski definition) is 3. The van der Waals surface area contributed by atoms with Gasteiger partial charge < -0.3 is 10.6 Å². The van der Waals surface area contributed by atoms with Gasteiger partial charge in [-0.3, -0.25) is 5.41 Å². The van der Waals surface area contributed by atoms with Crippen molar-refractivity contribution >= 4 is 39.2 Å². The van der Waals surface area contributed by atoms with Gasteiger partial charge in [-0.1, -0.05) is 66.7 Å². The lowest BCUT2D eigenvalue weighted by atomic mass is 9.98. The predicted molar refractivity (Wildman–Crippen MR) is 203 cm³/mol. The summed E-state index contributed by atoms with van der Waals surface area (Å²) in [6.07, 6.45) is 4.35. The van der Waals surface area contributed by atoms with Gasteiger partial charge in [0.25, 0.3) is 0 Å². The molecule has 0 bridgehead atoms. The van der Waals surface area contributed by atoms with E-state index in [1.54, 1.807) is 12.1 Å². The van der Waals surface area contributed by atoms with Crippen molar-refractivity contribution in [3.63, 3.8) is 0 Å². The summed E-state index contributed by atoms with van der Waals surface area (Å²) in [7, 11) is 0. The Morgan fingerprint density at radius 1 is 0.627 bits per heavy atom. The largest absolute Gasteiger partial charge is 0.363 e. The van der Waals surface area contributed by atoms with E-state index < -0.39 is 0 Å². The molecule has 2 aliphatic rings. The van der Waals surface area contributed by atoms with Gasteiger partial charge in [-0.25, -0.2) is 14.4 Å². The molecule has 0 spiro atoms. The summed E-state index contributed by atoms with van der Waals surface area (Å²) < 4.78 is 13.2. The second-order valence-electron chi connectivity index (χ2n) is 13.0. The number of aryl methyl sites for hydroxylation is 2. The molecule has 0 unspecified atom stereocenters. The number of nitrogens with one attached hydrogen (secondary N) is 3. The Balaban J connectivity index is 0.000000152. The predicted octanol–water partition coefficient (Wildman–Crippen LogP) is 10.1. The van der Waals surface area contributed by atoms with Crippen LogP contribution < -0.4 is 10.6 Å². The Bertz CT molecular complexity index is 2450. The first kappa shape index (κ1) is 31.9. The number of benzene rings is 5. The molecule has 2 aromatic heterocycles. The summed E-state index contributed by atoms with van der Waals surface area (Å²) in [4.78, 5) is 9.45. The van der Waals surface area contributed by atoms with E-state index in [0.29, 0.717) is 22.9 Å². The first-order valence-corrected chi connectivity index (χ1v) is 17.3. The van der Waals surface area contributed by atoms with E-state index in [1.807, 2.05) is 60.7 Å². The van der Waals surface area contributed by atoms with Gasteiger partial charge in [0.2, 0.25) is 0 Å². The number of hydrogen-bond acceptors (Lipinski definition) is 6. The fraction of sp³-hybridized carbons (Fsp3) is 0.136. The Morgan fingerprint density at radius 2 is 1.18 bits per heavy atom. The van der Waals surface area contributed by atoms with Crippen LogP contribution in [0.4, 0.5) is 16.0 Å². The van der Waals surface area contributed by atoms with E-state index in [9.17, 15) is 4.39 Å². The molecule has 0 aliphatic heterocycles. The zero-order chi connectivity index (χ0) is 34.7. The number of halogens is 1. The van der Waals surface area contributed by atoms with E-state index in [1.165, 1.54) is 34.4 Å². The maximum atomic E-state index is 13.2. The van der Waals surface area contributed by atoms with E-state index >= 15 is 0 Å². The fourth-order valence-electron chi connectivity index (χ4n) is 7.33. The second kappa shape index (κ2) is 13.9. The van der Waals surface area contributed by atoms with Crippen LogP contribution in [0, 0.1) is 22.6 Å². The van der Waals surface area contributed by atoms with Crippen LogP contribution >= 0.6 is 0 Å². The molecule has 2 heterocycles. The maximum Gasteiger partial charge on any atom is 0.127 e. The molecule has 2 aliphatic carbocycles. The van der Waals surface area contributed by atoms with Crippen molar-refractivity contribution in [3.8, 4) is 6.07 Å². The fourth-order valence-corrected chi connectivity index (χ4v) is 7.33. The molecule has 0 saturated heterocycles. The van der Waals surface area contributed by atoms with Gasteiger partial charge in [0.1, 0.15) is 17.5 Å². The molecule has 5 aromatic carbocycles. The zero-order valence-electron chi connectivity index (χ0n) is 27.9. The van der Waals surface area contributed by atoms with Crippen LogP contribution in [0.1, 0.15) is 63.9 Å². The van der Waals surface area contributed by atoms with Crippen LogP contribution in [0.3, 0.4) is 0 Å². The minimum Gasteiger partial charge on any atom is -0.363 e. The normalized spacial score (nSPS) is 15.7. The summed E-state index contributed by atoms with van der Waals surface area (Å²) in [5, 5.41) is 26.6. The molecule has 7 aromatic rings. The third kappa shape index (κ3) is 6.52. The van der Waals surface area contributed by atoms with Crippen LogP contribution in [-0.4, -0.2) is 15.7 Å². The van der Waals surface area contributed by atoms with Crippen LogP contribution in [-0.2, 0) is 12.8 Å². The minimum atomic E-state index is -0.301. The van der Waals surface area contributed by atoms with E-state index in [-0.39, 0.29) is 11.9 Å². The number of rotatable bonds is 6. The molecule has 3 N–H and O–H groups in total. The van der Waals surface area contributed by atoms with Gasteiger partial charge in [-0.05, 0) is 115 Å². The lowest BCUT2D eigenvalue weighted by Gasteiger charge is -2.16. The molecule has 0 amide bonds. The minimum absolute atomic E-state index is 0.275. The summed E-state index contributed by atoms with van der Waals surface area (Å²) in [5.74, 6) is 1.40. The highest BCUT2D eigenvalue weighted by atomic mass is 19.1.